The highest BCUT2D eigenvalue weighted by atomic mass is 19.4. The number of imidazole rings is 1. The summed E-state index contributed by atoms with van der Waals surface area (Å²) < 4.78 is 38.7. The smallest absolute Gasteiger partial charge is 0.340 e. The van der Waals surface area contributed by atoms with Crippen molar-refractivity contribution in [2.45, 2.75) is 50.4 Å². The SMILES string of the molecule is O=C1N(c2ccc(C(F)(F)F)nc2)CC2(CCCCC2)N1Cc1nc2ccccc2[nH]1. The Kier molecular flexibility index (Phi) is 4.64. The summed E-state index contributed by atoms with van der Waals surface area (Å²) in [6.45, 7) is 0.775. The molecule has 1 saturated carbocycles. The lowest BCUT2D eigenvalue weighted by atomic mass is 9.81. The molecule has 5 rings (SSSR count). The molecule has 2 amide bonds. The molecule has 0 unspecified atom stereocenters. The largest absolute Gasteiger partial charge is 0.433 e. The highest BCUT2D eigenvalue weighted by Gasteiger charge is 2.50. The Bertz CT molecular complexity index is 1070. The molecular weight excluding hydrogens is 407 g/mol. The van der Waals surface area contributed by atoms with Crippen molar-refractivity contribution >= 4 is 22.8 Å². The molecule has 2 aliphatic rings. The number of nitrogens with one attached hydrogen (secondary N) is 1. The number of rotatable bonds is 3. The first kappa shape index (κ1) is 19.8. The van der Waals surface area contributed by atoms with Gasteiger partial charge in [0.25, 0.3) is 0 Å². The number of hydrogen-bond donors (Lipinski definition) is 1. The molecule has 1 aliphatic carbocycles. The molecule has 0 radical (unpaired) electrons. The Labute approximate surface area is 177 Å². The van der Waals surface area contributed by atoms with Gasteiger partial charge in [0.15, 0.2) is 0 Å². The summed E-state index contributed by atoms with van der Waals surface area (Å²) in [5.74, 6) is 0.701. The van der Waals surface area contributed by atoms with E-state index in [2.05, 4.69) is 15.0 Å². The van der Waals surface area contributed by atoms with E-state index in [1.54, 1.807) is 4.90 Å². The van der Waals surface area contributed by atoms with Gasteiger partial charge in [0.05, 0.1) is 41.5 Å². The summed E-state index contributed by atoms with van der Waals surface area (Å²) in [5, 5.41) is 0. The average molecular weight is 429 g/mol. The van der Waals surface area contributed by atoms with Crippen LogP contribution >= 0.6 is 0 Å². The zero-order chi connectivity index (χ0) is 21.6. The molecule has 1 N–H and O–H groups in total. The number of halogens is 3. The molecule has 2 aromatic heterocycles. The predicted octanol–water partition coefficient (Wildman–Crippen LogP) is 5.12. The summed E-state index contributed by atoms with van der Waals surface area (Å²) in [7, 11) is 0. The lowest BCUT2D eigenvalue weighted by molar-refractivity contribution is -0.141. The normalized spacial score (nSPS) is 19.0. The summed E-state index contributed by atoms with van der Waals surface area (Å²) in [5.41, 5.74) is 0.817. The predicted molar refractivity (Wildman–Crippen MR) is 109 cm³/mol. The minimum Gasteiger partial charge on any atom is -0.340 e. The molecule has 31 heavy (non-hydrogen) atoms. The third kappa shape index (κ3) is 3.51. The zero-order valence-electron chi connectivity index (χ0n) is 16.8. The lowest BCUT2D eigenvalue weighted by Gasteiger charge is -2.39. The van der Waals surface area contributed by atoms with E-state index < -0.39 is 11.9 Å². The van der Waals surface area contributed by atoms with E-state index in [0.717, 1.165) is 55.4 Å². The van der Waals surface area contributed by atoms with Crippen molar-refractivity contribution in [2.24, 2.45) is 0 Å². The molecule has 3 heterocycles. The average Bonchev–Trinajstić information content (AvgIpc) is 3.28. The standard InChI is InChI=1S/C22H22F3N5O/c23-22(24,25)18-9-8-15(12-26-18)29-14-21(10-4-1-5-11-21)30(20(29)31)13-19-27-16-6-2-3-7-17(16)28-19/h2-3,6-9,12H,1,4-5,10-11,13-14H2,(H,27,28). The van der Waals surface area contributed by atoms with Gasteiger partial charge in [-0.3, -0.25) is 4.90 Å². The first-order chi connectivity index (χ1) is 14.9. The third-order valence-electron chi connectivity index (χ3n) is 6.37. The zero-order valence-corrected chi connectivity index (χ0v) is 16.8. The number of alkyl halides is 3. The number of para-hydroxylation sites is 2. The van der Waals surface area contributed by atoms with Gasteiger partial charge in [-0.2, -0.15) is 13.2 Å². The van der Waals surface area contributed by atoms with Crippen LogP contribution in [-0.2, 0) is 12.7 Å². The Balaban J connectivity index is 1.46. The minimum absolute atomic E-state index is 0.219. The Morgan fingerprint density at radius 2 is 1.84 bits per heavy atom. The molecule has 0 atom stereocenters. The molecule has 1 saturated heterocycles. The quantitative estimate of drug-likeness (QED) is 0.628. The van der Waals surface area contributed by atoms with Gasteiger partial charge in [0.2, 0.25) is 0 Å². The fourth-order valence-electron chi connectivity index (χ4n) is 4.81. The van der Waals surface area contributed by atoms with Crippen molar-refractivity contribution in [1.82, 2.24) is 19.9 Å². The van der Waals surface area contributed by atoms with Crippen molar-refractivity contribution in [3.05, 3.63) is 54.1 Å². The maximum absolute atomic E-state index is 13.4. The first-order valence-corrected chi connectivity index (χ1v) is 10.4. The summed E-state index contributed by atoms with van der Waals surface area (Å²) in [6, 6.07) is 9.73. The van der Waals surface area contributed by atoms with Crippen LogP contribution in [0.2, 0.25) is 0 Å². The third-order valence-corrected chi connectivity index (χ3v) is 6.37. The maximum atomic E-state index is 13.4. The number of aromatic nitrogens is 3. The molecular formula is C22H22F3N5O. The number of urea groups is 1. The van der Waals surface area contributed by atoms with Crippen LogP contribution in [-0.4, -0.2) is 38.0 Å². The summed E-state index contributed by atoms with van der Waals surface area (Å²) in [4.78, 5) is 28.3. The number of nitrogens with zero attached hydrogens (tertiary/aromatic N) is 4. The van der Waals surface area contributed by atoms with E-state index in [4.69, 9.17) is 0 Å². The first-order valence-electron chi connectivity index (χ1n) is 10.4. The molecule has 9 heteroatoms. The van der Waals surface area contributed by atoms with Gasteiger partial charge in [0.1, 0.15) is 11.5 Å². The second-order valence-corrected chi connectivity index (χ2v) is 8.34. The van der Waals surface area contributed by atoms with E-state index >= 15 is 0 Å². The molecule has 162 valence electrons. The molecule has 3 aromatic rings. The van der Waals surface area contributed by atoms with Gasteiger partial charge in [-0.25, -0.2) is 14.8 Å². The van der Waals surface area contributed by atoms with Crippen LogP contribution in [0.5, 0.6) is 0 Å². The van der Waals surface area contributed by atoms with Gasteiger partial charge < -0.3 is 9.88 Å². The molecule has 1 spiro atoms. The van der Waals surface area contributed by atoms with Crippen LogP contribution in [0.25, 0.3) is 11.0 Å². The lowest BCUT2D eigenvalue weighted by Crippen LogP contribution is -2.48. The van der Waals surface area contributed by atoms with Crippen LogP contribution in [0.15, 0.2) is 42.6 Å². The summed E-state index contributed by atoms with van der Waals surface area (Å²) in [6.07, 6.45) is 1.52. The van der Waals surface area contributed by atoms with E-state index in [-0.39, 0.29) is 11.6 Å². The number of hydrogen-bond acceptors (Lipinski definition) is 3. The summed E-state index contributed by atoms with van der Waals surface area (Å²) >= 11 is 0. The number of carbonyl (C=O) groups is 1. The fraction of sp³-hybridized carbons (Fsp3) is 0.409. The van der Waals surface area contributed by atoms with Gasteiger partial charge in [-0.05, 0) is 37.1 Å². The number of H-pyrrole nitrogens is 1. The number of fused-ring (bicyclic) bond motifs is 1. The highest BCUT2D eigenvalue weighted by Crippen LogP contribution is 2.42. The van der Waals surface area contributed by atoms with E-state index in [0.29, 0.717) is 24.6 Å². The van der Waals surface area contributed by atoms with Gasteiger partial charge in [-0.15, -0.1) is 0 Å². The molecule has 6 nitrogen and oxygen atoms in total. The maximum Gasteiger partial charge on any atom is 0.433 e. The van der Waals surface area contributed by atoms with Crippen LogP contribution in [0.3, 0.4) is 0 Å². The Morgan fingerprint density at radius 3 is 2.52 bits per heavy atom. The number of carbonyl (C=O) groups excluding carboxylic acids is 1. The van der Waals surface area contributed by atoms with Gasteiger partial charge >= 0.3 is 12.2 Å². The number of benzene rings is 1. The van der Waals surface area contributed by atoms with Crippen molar-refractivity contribution in [3.8, 4) is 0 Å². The van der Waals surface area contributed by atoms with Crippen LogP contribution in [0.4, 0.5) is 23.7 Å². The fourth-order valence-corrected chi connectivity index (χ4v) is 4.81. The van der Waals surface area contributed by atoms with Crippen molar-refractivity contribution in [3.63, 3.8) is 0 Å². The second kappa shape index (κ2) is 7.25. The van der Waals surface area contributed by atoms with Crippen molar-refractivity contribution in [2.75, 3.05) is 11.4 Å². The Morgan fingerprint density at radius 1 is 1.06 bits per heavy atom. The van der Waals surface area contributed by atoms with E-state index in [9.17, 15) is 18.0 Å². The minimum atomic E-state index is -4.51. The van der Waals surface area contributed by atoms with Crippen LogP contribution in [0, 0.1) is 0 Å². The molecule has 0 bridgehead atoms. The molecule has 2 fully saturated rings. The van der Waals surface area contributed by atoms with Crippen molar-refractivity contribution < 1.29 is 18.0 Å². The van der Waals surface area contributed by atoms with Crippen molar-refractivity contribution in [1.29, 1.82) is 0 Å². The molecule has 1 aliphatic heterocycles. The number of aromatic amines is 1. The Hall–Kier alpha value is -3.10. The van der Waals surface area contributed by atoms with Gasteiger partial charge in [0, 0.05) is 0 Å². The topological polar surface area (TPSA) is 65.1 Å². The monoisotopic (exact) mass is 429 g/mol. The van der Waals surface area contributed by atoms with Crippen LogP contribution < -0.4 is 4.90 Å². The van der Waals surface area contributed by atoms with E-state index in [1.165, 1.54) is 6.07 Å². The molecule has 1 aromatic carbocycles. The van der Waals surface area contributed by atoms with Gasteiger partial charge in [-0.1, -0.05) is 31.4 Å². The number of anilines is 1. The number of amides is 2. The highest BCUT2D eigenvalue weighted by molar-refractivity contribution is 5.95. The second-order valence-electron chi connectivity index (χ2n) is 8.34. The van der Waals surface area contributed by atoms with Crippen LogP contribution in [0.1, 0.15) is 43.6 Å². The van der Waals surface area contributed by atoms with E-state index in [1.807, 2.05) is 29.2 Å². The number of pyridine rings is 1.